The standard InChI is InChI=1S/C9H19NO4S2/c1-3-4-6-10(15(2,11)12)9-5-7-16(13,14)8-9/h9H,3-8H2,1-2H3/t9-/m0/s1. The molecule has 0 spiro atoms. The van der Waals surface area contributed by atoms with Crippen molar-refractivity contribution < 1.29 is 16.8 Å². The van der Waals surface area contributed by atoms with Gasteiger partial charge in [-0.15, -0.1) is 0 Å². The van der Waals surface area contributed by atoms with Crippen LogP contribution in [-0.4, -0.2) is 51.5 Å². The summed E-state index contributed by atoms with van der Waals surface area (Å²) in [5, 5.41) is 0. The molecule has 1 fully saturated rings. The van der Waals surface area contributed by atoms with Crippen molar-refractivity contribution >= 4 is 19.9 Å². The van der Waals surface area contributed by atoms with Gasteiger partial charge in [-0.25, -0.2) is 16.8 Å². The second kappa shape index (κ2) is 5.01. The maximum Gasteiger partial charge on any atom is 0.211 e. The van der Waals surface area contributed by atoms with Crippen LogP contribution in [0, 0.1) is 0 Å². The Hall–Kier alpha value is -0.140. The van der Waals surface area contributed by atoms with Crippen LogP contribution in [0.1, 0.15) is 26.2 Å². The van der Waals surface area contributed by atoms with Gasteiger partial charge in [-0.05, 0) is 12.8 Å². The van der Waals surface area contributed by atoms with Crippen LogP contribution >= 0.6 is 0 Å². The molecule has 1 saturated heterocycles. The van der Waals surface area contributed by atoms with E-state index in [1.165, 1.54) is 4.31 Å². The molecule has 0 aliphatic carbocycles. The van der Waals surface area contributed by atoms with Crippen molar-refractivity contribution in [3.63, 3.8) is 0 Å². The highest BCUT2D eigenvalue weighted by Crippen LogP contribution is 2.20. The summed E-state index contributed by atoms with van der Waals surface area (Å²) in [6.45, 7) is 2.40. The van der Waals surface area contributed by atoms with Crippen LogP contribution in [0.25, 0.3) is 0 Å². The summed E-state index contributed by atoms with van der Waals surface area (Å²) in [5.74, 6) is 0.0829. The molecule has 16 heavy (non-hydrogen) atoms. The molecule has 0 aromatic heterocycles. The fraction of sp³-hybridized carbons (Fsp3) is 1.00. The topological polar surface area (TPSA) is 71.5 Å². The monoisotopic (exact) mass is 269 g/mol. The Morgan fingerprint density at radius 1 is 1.38 bits per heavy atom. The largest absolute Gasteiger partial charge is 0.229 e. The maximum absolute atomic E-state index is 11.6. The normalized spacial score (nSPS) is 25.1. The first-order valence-electron chi connectivity index (χ1n) is 5.43. The van der Waals surface area contributed by atoms with Gasteiger partial charge in [-0.3, -0.25) is 0 Å². The number of nitrogens with zero attached hydrogens (tertiary/aromatic N) is 1. The molecule has 0 N–H and O–H groups in total. The van der Waals surface area contributed by atoms with Gasteiger partial charge in [0.05, 0.1) is 17.8 Å². The van der Waals surface area contributed by atoms with E-state index in [2.05, 4.69) is 0 Å². The van der Waals surface area contributed by atoms with E-state index in [9.17, 15) is 16.8 Å². The summed E-state index contributed by atoms with van der Waals surface area (Å²) in [6, 6.07) is -0.355. The van der Waals surface area contributed by atoms with E-state index in [4.69, 9.17) is 0 Å². The minimum absolute atomic E-state index is 0.0240. The van der Waals surface area contributed by atoms with Gasteiger partial charge < -0.3 is 0 Å². The van der Waals surface area contributed by atoms with Gasteiger partial charge in [-0.1, -0.05) is 13.3 Å². The molecule has 0 bridgehead atoms. The molecule has 7 heteroatoms. The van der Waals surface area contributed by atoms with Crippen LogP contribution < -0.4 is 0 Å². The second-order valence-electron chi connectivity index (χ2n) is 4.28. The molecule has 0 amide bonds. The number of hydrogen-bond donors (Lipinski definition) is 0. The SMILES string of the molecule is CCCCN([C@H]1CCS(=O)(=O)C1)S(C)(=O)=O. The molecular formula is C9H19NO4S2. The van der Waals surface area contributed by atoms with E-state index in [1.54, 1.807) is 0 Å². The second-order valence-corrected chi connectivity index (χ2v) is 8.45. The Kier molecular flexibility index (Phi) is 4.36. The van der Waals surface area contributed by atoms with Crippen molar-refractivity contribution in [2.75, 3.05) is 24.3 Å². The Balaban J connectivity index is 2.79. The molecule has 0 radical (unpaired) electrons. The molecule has 0 aromatic carbocycles. The predicted octanol–water partition coefficient (Wildman–Crippen LogP) is 0.235. The van der Waals surface area contributed by atoms with E-state index >= 15 is 0 Å². The van der Waals surface area contributed by atoms with Crippen molar-refractivity contribution in [1.82, 2.24) is 4.31 Å². The minimum Gasteiger partial charge on any atom is -0.229 e. The third-order valence-corrected chi connectivity index (χ3v) is 5.86. The molecular weight excluding hydrogens is 250 g/mol. The molecule has 1 atom stereocenters. The molecule has 0 unspecified atom stereocenters. The summed E-state index contributed by atoms with van der Waals surface area (Å²) < 4.78 is 47.1. The van der Waals surface area contributed by atoms with E-state index in [-0.39, 0.29) is 17.5 Å². The summed E-state index contributed by atoms with van der Waals surface area (Å²) >= 11 is 0. The molecule has 5 nitrogen and oxygen atoms in total. The molecule has 0 saturated carbocycles. The van der Waals surface area contributed by atoms with E-state index < -0.39 is 19.9 Å². The number of sulfone groups is 1. The highest BCUT2D eigenvalue weighted by molar-refractivity contribution is 7.92. The van der Waals surface area contributed by atoms with Crippen molar-refractivity contribution in [3.8, 4) is 0 Å². The van der Waals surface area contributed by atoms with Crippen LogP contribution in [0.5, 0.6) is 0 Å². The molecule has 96 valence electrons. The van der Waals surface area contributed by atoms with Crippen molar-refractivity contribution in [1.29, 1.82) is 0 Å². The molecule has 0 aromatic rings. The number of unbranched alkanes of at least 4 members (excludes halogenated alkanes) is 1. The number of rotatable bonds is 5. The highest BCUT2D eigenvalue weighted by Gasteiger charge is 2.35. The molecule has 1 aliphatic heterocycles. The summed E-state index contributed by atoms with van der Waals surface area (Å²) in [5.41, 5.74) is 0. The third-order valence-electron chi connectivity index (χ3n) is 2.77. The summed E-state index contributed by atoms with van der Waals surface area (Å²) in [4.78, 5) is 0. The van der Waals surface area contributed by atoms with E-state index in [0.717, 1.165) is 19.1 Å². The van der Waals surface area contributed by atoms with E-state index in [1.807, 2.05) is 6.92 Å². The van der Waals surface area contributed by atoms with Gasteiger partial charge in [0.1, 0.15) is 0 Å². The highest BCUT2D eigenvalue weighted by atomic mass is 32.2. The Morgan fingerprint density at radius 2 is 2.00 bits per heavy atom. The first-order chi connectivity index (χ1) is 7.26. The smallest absolute Gasteiger partial charge is 0.211 e. The number of sulfonamides is 1. The Bertz CT molecular complexity index is 426. The molecule has 1 heterocycles. The zero-order chi connectivity index (χ0) is 12.4. The fourth-order valence-corrected chi connectivity index (χ4v) is 4.94. The summed E-state index contributed by atoms with van der Waals surface area (Å²) in [7, 11) is -6.33. The van der Waals surface area contributed by atoms with Gasteiger partial charge in [0.2, 0.25) is 10.0 Å². The van der Waals surface area contributed by atoms with Crippen LogP contribution in [0.15, 0.2) is 0 Å². The maximum atomic E-state index is 11.6. The summed E-state index contributed by atoms with van der Waals surface area (Å²) in [6.07, 6.45) is 3.24. The lowest BCUT2D eigenvalue weighted by Gasteiger charge is -2.25. The first-order valence-corrected chi connectivity index (χ1v) is 9.10. The average molecular weight is 269 g/mol. The van der Waals surface area contributed by atoms with Crippen LogP contribution in [0.4, 0.5) is 0 Å². The van der Waals surface area contributed by atoms with Crippen LogP contribution in [0.3, 0.4) is 0 Å². The molecule has 1 rings (SSSR count). The van der Waals surface area contributed by atoms with Crippen molar-refractivity contribution in [3.05, 3.63) is 0 Å². The van der Waals surface area contributed by atoms with E-state index in [0.29, 0.717) is 13.0 Å². The van der Waals surface area contributed by atoms with Gasteiger partial charge in [0, 0.05) is 12.6 Å². The number of hydrogen-bond acceptors (Lipinski definition) is 4. The lowest BCUT2D eigenvalue weighted by Crippen LogP contribution is -2.41. The van der Waals surface area contributed by atoms with Gasteiger partial charge in [0.25, 0.3) is 0 Å². The van der Waals surface area contributed by atoms with Gasteiger partial charge in [0.15, 0.2) is 9.84 Å². The predicted molar refractivity (Wildman–Crippen MR) is 63.5 cm³/mol. The van der Waals surface area contributed by atoms with Crippen molar-refractivity contribution in [2.24, 2.45) is 0 Å². The Labute approximate surface area is 97.8 Å². The quantitative estimate of drug-likeness (QED) is 0.716. The third kappa shape index (κ3) is 3.71. The first kappa shape index (κ1) is 13.9. The Morgan fingerprint density at radius 3 is 2.38 bits per heavy atom. The minimum atomic E-state index is -3.30. The van der Waals surface area contributed by atoms with Gasteiger partial charge in [-0.2, -0.15) is 4.31 Å². The molecule has 1 aliphatic rings. The van der Waals surface area contributed by atoms with Gasteiger partial charge >= 0.3 is 0 Å². The van der Waals surface area contributed by atoms with Crippen LogP contribution in [0.2, 0.25) is 0 Å². The van der Waals surface area contributed by atoms with Crippen LogP contribution in [-0.2, 0) is 19.9 Å². The fourth-order valence-electron chi connectivity index (χ4n) is 1.94. The zero-order valence-electron chi connectivity index (χ0n) is 9.72. The lowest BCUT2D eigenvalue weighted by atomic mass is 10.2. The van der Waals surface area contributed by atoms with Crippen molar-refractivity contribution in [2.45, 2.75) is 32.2 Å². The zero-order valence-corrected chi connectivity index (χ0v) is 11.3. The average Bonchev–Trinajstić information content (AvgIpc) is 2.44. The lowest BCUT2D eigenvalue weighted by molar-refractivity contribution is 0.337.